The van der Waals surface area contributed by atoms with Gasteiger partial charge in [-0.2, -0.15) is 0 Å². The van der Waals surface area contributed by atoms with Gasteiger partial charge in [-0.05, 0) is 108 Å². The highest BCUT2D eigenvalue weighted by Crippen LogP contribution is 2.23. The molecule has 0 unspecified atom stereocenters. The predicted molar refractivity (Wildman–Crippen MR) is 273 cm³/mol. The highest BCUT2D eigenvalue weighted by atomic mass is 16.6. The Morgan fingerprint density at radius 2 is 1.60 bits per heavy atom. The maximum atomic E-state index is 13.6. The first kappa shape index (κ1) is 56.1. The number of methoxy groups -OCH3 is 2. The average Bonchev–Trinajstić information content (AvgIpc) is 3.32. The van der Waals surface area contributed by atoms with Crippen molar-refractivity contribution in [2.75, 3.05) is 33.9 Å². The fraction of sp³-hybridized carbons (Fsp3) is 0.429. The normalized spacial score (nSPS) is 25.2. The van der Waals surface area contributed by atoms with Crippen LogP contribution in [0.2, 0.25) is 0 Å². The lowest BCUT2D eigenvalue weighted by molar-refractivity contribution is -0.144. The van der Waals surface area contributed by atoms with Gasteiger partial charge in [-0.15, -0.1) is 0 Å². The van der Waals surface area contributed by atoms with Gasteiger partial charge >= 0.3 is 12.1 Å². The Labute approximate surface area is 405 Å². The molecule has 3 rings (SSSR count). The van der Waals surface area contributed by atoms with E-state index in [0.717, 1.165) is 65.3 Å². The number of hydrogen-bond donors (Lipinski definition) is 3. The minimum absolute atomic E-state index is 0.0397. The lowest BCUT2D eigenvalue weighted by Gasteiger charge is -2.23. The zero-order chi connectivity index (χ0) is 49.7. The van der Waals surface area contributed by atoms with E-state index in [0.29, 0.717) is 31.6 Å². The van der Waals surface area contributed by atoms with Crippen LogP contribution in [0, 0.1) is 11.8 Å². The molecule has 368 valence electrons. The van der Waals surface area contributed by atoms with Crippen LogP contribution < -0.4 is 20.7 Å². The van der Waals surface area contributed by atoms with Gasteiger partial charge in [0.25, 0.3) is 12.1 Å². The molecule has 1 aliphatic heterocycles. The number of alkyl carbamates (subject to hydrolysis) is 1. The maximum absolute atomic E-state index is 13.6. The molecule has 0 aliphatic carbocycles. The molecule has 0 fully saturated rings. The Hall–Kier alpha value is -6.24. The molecule has 68 heavy (non-hydrogen) atoms. The van der Waals surface area contributed by atoms with E-state index >= 15 is 0 Å². The second kappa shape index (κ2) is 31.7. The molecule has 0 saturated heterocycles. The van der Waals surface area contributed by atoms with Crippen molar-refractivity contribution in [2.45, 2.75) is 112 Å². The number of allylic oxidation sites excluding steroid dienone is 11. The smallest absolute Gasteiger partial charge is 0.409 e. The van der Waals surface area contributed by atoms with E-state index in [-0.39, 0.29) is 30.6 Å². The number of benzene rings is 2. The van der Waals surface area contributed by atoms with Crippen LogP contribution in [0.25, 0.3) is 10.8 Å². The molecule has 0 saturated carbocycles. The number of amides is 3. The SMILES string of the molecule is CO[C@@H]1/C=C(C)/C=C/[C@@H](C)/C=C(\C)C(=O)O[C@H](/C(C)=C/C=C(\C)CNC(=O)[C@@H](NC=O)OC(=O)NCCCCCOc2ccc3ccccc3c2)[C@@H](C)/C=C/C=C/[C@@H](OC)CC/C=C(C)\C=C\C1. The summed E-state index contributed by atoms with van der Waals surface area (Å²) in [6.45, 7) is 14.6. The molecule has 1 heterocycles. The van der Waals surface area contributed by atoms with Crippen molar-refractivity contribution in [3.63, 3.8) is 0 Å². The Kier molecular flexibility index (Phi) is 26.1. The molecule has 1 aliphatic rings. The lowest BCUT2D eigenvalue weighted by Crippen LogP contribution is -2.48. The van der Waals surface area contributed by atoms with E-state index in [4.69, 9.17) is 23.7 Å². The summed E-state index contributed by atoms with van der Waals surface area (Å²) in [5, 5.41) is 9.87. The highest BCUT2D eigenvalue weighted by molar-refractivity contribution is 5.88. The molecule has 6 atom stereocenters. The molecule has 3 amide bonds. The maximum Gasteiger partial charge on any atom is 0.409 e. The Bertz CT molecular complexity index is 2210. The fourth-order valence-electron chi connectivity index (χ4n) is 7.14. The van der Waals surface area contributed by atoms with Crippen molar-refractivity contribution in [1.82, 2.24) is 16.0 Å². The van der Waals surface area contributed by atoms with Crippen molar-refractivity contribution in [2.24, 2.45) is 11.8 Å². The van der Waals surface area contributed by atoms with Crippen LogP contribution >= 0.6 is 0 Å². The molecule has 0 bridgehead atoms. The second-order valence-corrected chi connectivity index (χ2v) is 17.2. The van der Waals surface area contributed by atoms with Crippen LogP contribution in [0.4, 0.5) is 4.79 Å². The Morgan fingerprint density at radius 3 is 2.35 bits per heavy atom. The van der Waals surface area contributed by atoms with Crippen LogP contribution in [-0.4, -0.2) is 82.8 Å². The Morgan fingerprint density at radius 1 is 0.853 bits per heavy atom. The number of hydrogen-bond acceptors (Lipinski definition) is 9. The average molecular weight is 934 g/mol. The molecule has 0 aromatic heterocycles. The van der Waals surface area contributed by atoms with Gasteiger partial charge in [0.15, 0.2) is 0 Å². The number of ether oxygens (including phenoxy) is 5. The third-order valence-electron chi connectivity index (χ3n) is 11.2. The molecule has 2 aromatic rings. The molecule has 2 aromatic carbocycles. The van der Waals surface area contributed by atoms with Gasteiger partial charge in [0.2, 0.25) is 6.41 Å². The lowest BCUT2D eigenvalue weighted by atomic mass is 9.96. The molecule has 12 nitrogen and oxygen atoms in total. The molecule has 3 N–H and O–H groups in total. The molecule has 0 radical (unpaired) electrons. The van der Waals surface area contributed by atoms with E-state index in [2.05, 4.69) is 53.2 Å². The third-order valence-corrected chi connectivity index (χ3v) is 11.2. The highest BCUT2D eigenvalue weighted by Gasteiger charge is 2.24. The van der Waals surface area contributed by atoms with Gasteiger partial charge in [0.05, 0.1) is 18.8 Å². The fourth-order valence-corrected chi connectivity index (χ4v) is 7.14. The van der Waals surface area contributed by atoms with Crippen LogP contribution in [0.5, 0.6) is 5.75 Å². The number of carbonyl (C=O) groups excluding carboxylic acids is 4. The summed E-state index contributed by atoms with van der Waals surface area (Å²) in [6.07, 6.45) is 28.0. The van der Waals surface area contributed by atoms with Gasteiger partial charge in [-0.25, -0.2) is 9.59 Å². The minimum atomic E-state index is -1.53. The number of cyclic esters (lactones) is 1. The third kappa shape index (κ3) is 22.0. The van der Waals surface area contributed by atoms with E-state index < -0.39 is 30.3 Å². The van der Waals surface area contributed by atoms with Gasteiger partial charge in [0.1, 0.15) is 11.9 Å². The summed E-state index contributed by atoms with van der Waals surface area (Å²) < 4.78 is 28.7. The number of unbranched alkanes of at least 4 members (excludes halogenated alkanes) is 2. The summed E-state index contributed by atoms with van der Waals surface area (Å²) in [6, 6.07) is 14.1. The first-order valence-corrected chi connectivity index (χ1v) is 23.6. The largest absolute Gasteiger partial charge is 0.494 e. The summed E-state index contributed by atoms with van der Waals surface area (Å²) in [7, 11) is 3.41. The van der Waals surface area contributed by atoms with Gasteiger partial charge in [0, 0.05) is 38.8 Å². The quantitative estimate of drug-likeness (QED) is 0.0463. The van der Waals surface area contributed by atoms with E-state index in [1.807, 2.05) is 126 Å². The number of carbonyl (C=O) groups is 4. The predicted octanol–water partition coefficient (Wildman–Crippen LogP) is 10.7. The summed E-state index contributed by atoms with van der Waals surface area (Å²) >= 11 is 0. The van der Waals surface area contributed by atoms with E-state index in [1.165, 1.54) is 5.57 Å². The number of nitrogens with one attached hydrogen (secondary N) is 3. The molecular formula is C56H75N3O9. The molecule has 0 spiro atoms. The van der Waals surface area contributed by atoms with Gasteiger partial charge < -0.3 is 39.6 Å². The van der Waals surface area contributed by atoms with E-state index in [1.54, 1.807) is 21.1 Å². The van der Waals surface area contributed by atoms with Crippen LogP contribution in [0.15, 0.2) is 149 Å². The second-order valence-electron chi connectivity index (χ2n) is 17.2. The Balaban J connectivity index is 1.62. The van der Waals surface area contributed by atoms with Crippen molar-refractivity contribution >= 4 is 35.2 Å². The summed E-state index contributed by atoms with van der Waals surface area (Å²) in [5.41, 5.74) is 4.26. The number of fused-ring (bicyclic) bond motifs is 1. The van der Waals surface area contributed by atoms with Gasteiger partial charge in [-0.1, -0.05) is 140 Å². The summed E-state index contributed by atoms with van der Waals surface area (Å²) in [4.78, 5) is 50.5. The van der Waals surface area contributed by atoms with Gasteiger partial charge in [-0.3, -0.25) is 9.59 Å². The van der Waals surface area contributed by atoms with Crippen LogP contribution in [0.1, 0.15) is 87.0 Å². The van der Waals surface area contributed by atoms with Crippen molar-refractivity contribution in [3.8, 4) is 5.75 Å². The number of esters is 1. The molecule has 12 heteroatoms. The topological polar surface area (TPSA) is 151 Å². The standard InChI is InChI=1S/C56H75N3O9/c1-40-19-17-25-49(64-8)24-14-11-21-44(5)52(67-55(62)46(7)35-41(2)27-28-42(3)36-50(65-9)26-18-20-40)45(6)30-29-43(4)38-58-53(61)54(59-39-60)68-56(63)57-33-15-10-16-34-66-51-32-31-47-22-12-13-23-48(47)37-51/h11-14,18-24,27-32,35-37,39,41,44,49-50,52,54H,10,15-17,25-26,33-34,38H2,1-9H3,(H,57,63)(H,58,61)(H,59,60)/b20-18+,21-11+,24-14+,28-27+,40-19-,42-36+,43-29+,45-30+,46-35+/t41-,44+,49-,50+,52+,54+/m1/s1. The molecular weight excluding hydrogens is 859 g/mol. The minimum Gasteiger partial charge on any atom is -0.494 e. The zero-order valence-corrected chi connectivity index (χ0v) is 41.6. The van der Waals surface area contributed by atoms with Crippen LogP contribution in [-0.2, 0) is 33.3 Å². The van der Waals surface area contributed by atoms with Crippen molar-refractivity contribution < 1.29 is 42.9 Å². The van der Waals surface area contributed by atoms with Crippen LogP contribution in [0.3, 0.4) is 0 Å². The monoisotopic (exact) mass is 934 g/mol. The zero-order valence-electron chi connectivity index (χ0n) is 41.6. The number of rotatable bonds is 17. The summed E-state index contributed by atoms with van der Waals surface area (Å²) in [5.74, 6) is -0.569. The van der Waals surface area contributed by atoms with Crippen molar-refractivity contribution in [1.29, 1.82) is 0 Å². The van der Waals surface area contributed by atoms with Crippen molar-refractivity contribution in [3.05, 3.63) is 149 Å². The first-order valence-electron chi connectivity index (χ1n) is 23.6. The first-order chi connectivity index (χ1) is 32.7. The van der Waals surface area contributed by atoms with E-state index in [9.17, 15) is 19.2 Å².